The zero-order valence-electron chi connectivity index (χ0n) is 10.2. The molecule has 1 saturated heterocycles. The molecule has 0 saturated carbocycles. The summed E-state index contributed by atoms with van der Waals surface area (Å²) in [5, 5.41) is 9.01. The van der Waals surface area contributed by atoms with Crippen LogP contribution in [-0.4, -0.2) is 34.4 Å². The van der Waals surface area contributed by atoms with Crippen LogP contribution in [0, 0.1) is 0 Å². The average Bonchev–Trinajstić information content (AvgIpc) is 2.69. The van der Waals surface area contributed by atoms with Crippen molar-refractivity contribution >= 4 is 29.2 Å². The number of rotatable bonds is 2. The molecule has 1 aliphatic heterocycles. The molecule has 1 aliphatic rings. The Kier molecular flexibility index (Phi) is 2.80. The molecule has 1 aromatic rings. The lowest BCUT2D eigenvalue weighted by Gasteiger charge is -2.32. The third-order valence-electron chi connectivity index (χ3n) is 3.26. The minimum Gasteiger partial charge on any atom is -0.477 e. The second kappa shape index (κ2) is 3.79. The summed E-state index contributed by atoms with van der Waals surface area (Å²) in [7, 11) is -0.654. The van der Waals surface area contributed by atoms with Crippen molar-refractivity contribution in [2.75, 3.05) is 0 Å². The molecule has 1 aromatic heterocycles. The SMILES string of the molecule is CC1(C)OB(c2scnc2C(=O)O)OC1(C)C. The van der Waals surface area contributed by atoms with Gasteiger partial charge in [-0.25, -0.2) is 9.78 Å². The van der Waals surface area contributed by atoms with Gasteiger partial charge in [0, 0.05) is 0 Å². The summed E-state index contributed by atoms with van der Waals surface area (Å²) < 4.78 is 12.1. The van der Waals surface area contributed by atoms with Gasteiger partial charge in [0.25, 0.3) is 0 Å². The van der Waals surface area contributed by atoms with Crippen LogP contribution in [0.25, 0.3) is 0 Å². The van der Waals surface area contributed by atoms with Gasteiger partial charge < -0.3 is 14.4 Å². The van der Waals surface area contributed by atoms with E-state index in [2.05, 4.69) is 4.98 Å². The highest BCUT2D eigenvalue weighted by atomic mass is 32.1. The first-order chi connectivity index (χ1) is 7.74. The van der Waals surface area contributed by atoms with Crippen LogP contribution in [0.1, 0.15) is 38.2 Å². The Hall–Kier alpha value is -0.915. The van der Waals surface area contributed by atoms with E-state index in [1.165, 1.54) is 16.8 Å². The fourth-order valence-electron chi connectivity index (χ4n) is 1.53. The summed E-state index contributed by atoms with van der Waals surface area (Å²) in [6, 6.07) is 0. The van der Waals surface area contributed by atoms with Gasteiger partial charge in [-0.15, -0.1) is 11.3 Å². The Balaban J connectivity index is 2.32. The van der Waals surface area contributed by atoms with Crippen LogP contribution in [0.4, 0.5) is 0 Å². The Labute approximate surface area is 104 Å². The van der Waals surface area contributed by atoms with E-state index in [1.807, 2.05) is 27.7 Å². The van der Waals surface area contributed by atoms with Crippen LogP contribution >= 0.6 is 11.3 Å². The fourth-order valence-corrected chi connectivity index (χ4v) is 2.26. The number of hydrogen-bond acceptors (Lipinski definition) is 5. The lowest BCUT2D eigenvalue weighted by Crippen LogP contribution is -2.41. The van der Waals surface area contributed by atoms with Gasteiger partial charge in [0.2, 0.25) is 0 Å². The monoisotopic (exact) mass is 255 g/mol. The van der Waals surface area contributed by atoms with Crippen molar-refractivity contribution in [1.29, 1.82) is 0 Å². The molecule has 5 nitrogen and oxygen atoms in total. The fraction of sp³-hybridized carbons (Fsp3) is 0.600. The van der Waals surface area contributed by atoms with Gasteiger partial charge in [0.1, 0.15) is 0 Å². The van der Waals surface area contributed by atoms with Crippen molar-refractivity contribution < 1.29 is 19.2 Å². The first-order valence-electron chi connectivity index (χ1n) is 5.27. The van der Waals surface area contributed by atoms with E-state index in [1.54, 1.807) is 0 Å². The smallest absolute Gasteiger partial charge is 0.477 e. The molecule has 0 unspecified atom stereocenters. The van der Waals surface area contributed by atoms with E-state index in [-0.39, 0.29) is 5.69 Å². The normalized spacial score (nSPS) is 21.8. The molecule has 7 heteroatoms. The summed E-state index contributed by atoms with van der Waals surface area (Å²) in [5.41, 5.74) is 0.548. The van der Waals surface area contributed by atoms with Gasteiger partial charge in [-0.05, 0) is 27.7 Å². The van der Waals surface area contributed by atoms with Crippen LogP contribution < -0.4 is 4.78 Å². The molecule has 0 bridgehead atoms. The van der Waals surface area contributed by atoms with Crippen molar-refractivity contribution in [3.8, 4) is 0 Å². The number of aromatic nitrogens is 1. The Bertz CT molecular complexity index is 441. The van der Waals surface area contributed by atoms with Crippen LogP contribution in [0.5, 0.6) is 0 Å². The number of aromatic carboxylic acids is 1. The molecule has 0 amide bonds. The molecular weight excluding hydrogens is 241 g/mol. The van der Waals surface area contributed by atoms with Gasteiger partial charge >= 0.3 is 13.1 Å². The molecule has 0 atom stereocenters. The number of hydrogen-bond donors (Lipinski definition) is 1. The first kappa shape index (κ1) is 12.5. The lowest BCUT2D eigenvalue weighted by atomic mass is 9.86. The highest BCUT2D eigenvalue weighted by Gasteiger charge is 2.53. The Morgan fingerprint density at radius 2 is 1.88 bits per heavy atom. The molecule has 2 heterocycles. The Morgan fingerprint density at radius 1 is 1.35 bits per heavy atom. The van der Waals surface area contributed by atoms with Crippen molar-refractivity contribution in [3.63, 3.8) is 0 Å². The molecule has 1 N–H and O–H groups in total. The van der Waals surface area contributed by atoms with E-state index in [9.17, 15) is 4.79 Å². The van der Waals surface area contributed by atoms with Crippen molar-refractivity contribution in [3.05, 3.63) is 11.2 Å². The molecule has 0 aromatic carbocycles. The van der Waals surface area contributed by atoms with Crippen LogP contribution in [-0.2, 0) is 9.31 Å². The summed E-state index contributed by atoms with van der Waals surface area (Å²) in [6.07, 6.45) is 0. The minimum absolute atomic E-state index is 0.00787. The summed E-state index contributed by atoms with van der Waals surface area (Å²) in [5.74, 6) is -1.06. The zero-order chi connectivity index (χ0) is 12.8. The predicted octanol–water partition coefficient (Wildman–Crippen LogP) is 1.14. The maximum absolute atomic E-state index is 11.0. The molecule has 1 fully saturated rings. The zero-order valence-corrected chi connectivity index (χ0v) is 11.0. The van der Waals surface area contributed by atoms with Gasteiger partial charge in [0.15, 0.2) is 5.69 Å². The van der Waals surface area contributed by atoms with E-state index in [4.69, 9.17) is 14.4 Å². The van der Waals surface area contributed by atoms with Crippen LogP contribution in [0.3, 0.4) is 0 Å². The molecule has 17 heavy (non-hydrogen) atoms. The topological polar surface area (TPSA) is 68.7 Å². The number of carbonyl (C=O) groups is 1. The molecule has 0 aliphatic carbocycles. The van der Waals surface area contributed by atoms with Crippen LogP contribution in [0.15, 0.2) is 5.51 Å². The highest BCUT2D eigenvalue weighted by molar-refractivity contribution is 7.21. The largest absolute Gasteiger partial charge is 0.508 e. The molecule has 2 rings (SSSR count). The Morgan fingerprint density at radius 3 is 2.35 bits per heavy atom. The molecule has 0 radical (unpaired) electrons. The van der Waals surface area contributed by atoms with E-state index >= 15 is 0 Å². The lowest BCUT2D eigenvalue weighted by molar-refractivity contribution is 0.00578. The highest BCUT2D eigenvalue weighted by Crippen LogP contribution is 2.36. The second-order valence-electron chi connectivity index (χ2n) is 4.96. The van der Waals surface area contributed by atoms with Gasteiger partial charge in [-0.1, -0.05) is 0 Å². The van der Waals surface area contributed by atoms with Crippen molar-refractivity contribution in [2.24, 2.45) is 0 Å². The third kappa shape index (κ3) is 1.98. The van der Waals surface area contributed by atoms with Crippen molar-refractivity contribution in [1.82, 2.24) is 4.98 Å². The number of carboxylic acid groups (broad SMARTS) is 1. The van der Waals surface area contributed by atoms with E-state index in [0.717, 1.165) is 0 Å². The number of nitrogens with zero attached hydrogens (tertiary/aromatic N) is 1. The van der Waals surface area contributed by atoms with Crippen LogP contribution in [0.2, 0.25) is 0 Å². The van der Waals surface area contributed by atoms with Gasteiger partial charge in [0.05, 0.1) is 21.5 Å². The maximum atomic E-state index is 11.0. The molecule has 0 spiro atoms. The summed E-state index contributed by atoms with van der Waals surface area (Å²) in [4.78, 5) is 14.8. The molecular formula is C10H14BNO4S. The van der Waals surface area contributed by atoms with Crippen molar-refractivity contribution in [2.45, 2.75) is 38.9 Å². The second-order valence-corrected chi connectivity index (χ2v) is 5.84. The van der Waals surface area contributed by atoms with Gasteiger partial charge in [-0.3, -0.25) is 0 Å². The first-order valence-corrected chi connectivity index (χ1v) is 6.15. The predicted molar refractivity (Wildman–Crippen MR) is 64.8 cm³/mol. The standard InChI is InChI=1S/C10H14BNO4S/c1-9(2)10(3,4)16-11(15-9)7-6(8(13)14)12-5-17-7/h5H,1-4H3,(H,13,14). The molecule has 92 valence electrons. The van der Waals surface area contributed by atoms with E-state index < -0.39 is 24.3 Å². The number of thiazole rings is 1. The quantitative estimate of drug-likeness (QED) is 0.802. The van der Waals surface area contributed by atoms with E-state index in [0.29, 0.717) is 4.78 Å². The maximum Gasteiger partial charge on any atom is 0.508 e. The number of carboxylic acids is 1. The summed E-state index contributed by atoms with van der Waals surface area (Å²) in [6.45, 7) is 7.70. The minimum atomic E-state index is -1.06. The third-order valence-corrected chi connectivity index (χ3v) is 4.12. The van der Waals surface area contributed by atoms with Gasteiger partial charge in [-0.2, -0.15) is 0 Å². The summed E-state index contributed by atoms with van der Waals surface area (Å²) >= 11 is 1.23. The average molecular weight is 255 g/mol.